The Morgan fingerprint density at radius 1 is 0.935 bits per heavy atom. The van der Waals surface area contributed by atoms with Crippen LogP contribution < -0.4 is 0 Å². The van der Waals surface area contributed by atoms with Gasteiger partial charge < -0.3 is 4.74 Å². The molecule has 0 radical (unpaired) electrons. The van der Waals surface area contributed by atoms with Gasteiger partial charge in [-0.15, -0.1) is 0 Å². The van der Waals surface area contributed by atoms with E-state index in [0.29, 0.717) is 5.57 Å². The molecule has 154 valence electrons. The number of allylic oxidation sites excluding steroid dienone is 1. The number of nitrogens with zero attached hydrogens (tertiary/aromatic N) is 2. The third-order valence-corrected chi connectivity index (χ3v) is 6.29. The van der Waals surface area contributed by atoms with Gasteiger partial charge >= 0.3 is 5.97 Å². The highest BCUT2D eigenvalue weighted by Gasteiger charge is 2.61. The highest BCUT2D eigenvalue weighted by Crippen LogP contribution is 2.60. The Labute approximate surface area is 179 Å². The number of esters is 1. The van der Waals surface area contributed by atoms with E-state index in [1.165, 1.54) is 26.0 Å². The van der Waals surface area contributed by atoms with E-state index in [1.807, 2.05) is 54.6 Å². The van der Waals surface area contributed by atoms with E-state index in [2.05, 4.69) is 5.10 Å². The minimum atomic E-state index is -0.901. The molecule has 0 bridgehead atoms. The van der Waals surface area contributed by atoms with Crippen molar-refractivity contribution in [1.29, 1.82) is 0 Å². The first kappa shape index (κ1) is 19.2. The summed E-state index contributed by atoms with van der Waals surface area (Å²) >= 11 is 0. The quantitative estimate of drug-likeness (QED) is 0.724. The molecule has 5 rings (SSSR count). The molecule has 3 aliphatic rings. The van der Waals surface area contributed by atoms with Gasteiger partial charge in [0.15, 0.2) is 17.3 Å². The average Bonchev–Trinajstić information content (AvgIpc) is 3.25. The third-order valence-electron chi connectivity index (χ3n) is 6.29. The number of hydrogen-bond donors (Lipinski definition) is 0. The minimum absolute atomic E-state index is 0.0806. The number of ether oxygens (including phenoxy) is 1. The van der Waals surface area contributed by atoms with E-state index < -0.39 is 17.4 Å². The Bertz CT molecular complexity index is 1220. The minimum Gasteiger partial charge on any atom is -0.464 e. The molecular formula is C25H20N2O4. The second kappa shape index (κ2) is 6.60. The number of methoxy groups -OCH3 is 1. The third kappa shape index (κ3) is 2.33. The molecule has 0 saturated carbocycles. The highest BCUT2D eigenvalue weighted by atomic mass is 16.5. The largest absolute Gasteiger partial charge is 0.464 e. The van der Waals surface area contributed by atoms with Crippen LogP contribution in [0.25, 0.3) is 11.1 Å². The van der Waals surface area contributed by atoms with Gasteiger partial charge in [0.1, 0.15) is 5.70 Å². The first-order chi connectivity index (χ1) is 14.9. The second-order valence-corrected chi connectivity index (χ2v) is 7.86. The van der Waals surface area contributed by atoms with E-state index in [9.17, 15) is 14.4 Å². The maximum atomic E-state index is 13.2. The fourth-order valence-corrected chi connectivity index (χ4v) is 5.29. The van der Waals surface area contributed by atoms with Crippen LogP contribution in [0.1, 0.15) is 25.0 Å². The summed E-state index contributed by atoms with van der Waals surface area (Å²) in [6, 6.07) is 15.4. The second-order valence-electron chi connectivity index (χ2n) is 7.86. The van der Waals surface area contributed by atoms with Crippen LogP contribution in [-0.4, -0.2) is 41.4 Å². The van der Waals surface area contributed by atoms with Gasteiger partial charge in [-0.3, -0.25) is 14.6 Å². The number of Topliss-reactive ketones (excluding diaryl/α,β-unsaturated/α-hetero) is 2. The summed E-state index contributed by atoms with van der Waals surface area (Å²) in [5.41, 5.74) is 3.76. The van der Waals surface area contributed by atoms with Crippen LogP contribution in [0.15, 0.2) is 77.1 Å². The summed E-state index contributed by atoms with van der Waals surface area (Å²) in [4.78, 5) is 38.2. The summed E-state index contributed by atoms with van der Waals surface area (Å²) in [5, 5.41) is 6.00. The Kier molecular flexibility index (Phi) is 4.09. The summed E-state index contributed by atoms with van der Waals surface area (Å²) in [6.07, 6.45) is 3.45. The Morgan fingerprint density at radius 2 is 1.52 bits per heavy atom. The van der Waals surface area contributed by atoms with Gasteiger partial charge in [0.2, 0.25) is 0 Å². The topological polar surface area (TPSA) is 76.0 Å². The van der Waals surface area contributed by atoms with Crippen molar-refractivity contribution >= 4 is 23.2 Å². The lowest BCUT2D eigenvalue weighted by Crippen LogP contribution is -2.45. The van der Waals surface area contributed by atoms with Crippen molar-refractivity contribution in [3.8, 4) is 11.1 Å². The van der Waals surface area contributed by atoms with Crippen molar-refractivity contribution in [2.45, 2.75) is 25.3 Å². The van der Waals surface area contributed by atoms with Gasteiger partial charge in [0, 0.05) is 12.5 Å². The van der Waals surface area contributed by atoms with E-state index in [0.717, 1.165) is 22.3 Å². The summed E-state index contributed by atoms with van der Waals surface area (Å²) in [6.45, 7) is 2.91. The van der Waals surface area contributed by atoms with Gasteiger partial charge in [-0.1, -0.05) is 54.6 Å². The number of benzene rings is 2. The normalized spacial score (nSPS) is 19.6. The first-order valence-electron chi connectivity index (χ1n) is 10.0. The number of carbonyl (C=O) groups excluding carboxylic acids is 3. The van der Waals surface area contributed by atoms with Crippen molar-refractivity contribution in [3.05, 3.63) is 83.1 Å². The lowest BCUT2D eigenvalue weighted by molar-refractivity contribution is -0.132. The number of ketones is 2. The molecule has 1 atom stereocenters. The van der Waals surface area contributed by atoms with E-state index in [-0.39, 0.29) is 23.0 Å². The van der Waals surface area contributed by atoms with E-state index in [4.69, 9.17) is 4.74 Å². The van der Waals surface area contributed by atoms with Gasteiger partial charge in [-0.2, -0.15) is 5.10 Å². The fraction of sp³-hybridized carbons (Fsp3) is 0.200. The van der Waals surface area contributed by atoms with Gasteiger partial charge in [-0.05, 0) is 35.3 Å². The standard InChI is InChI=1S/C25H20N2O4/c1-14(28)22-23(15(2)29)27-21(13-12-20(26-27)24(30)31-3)25(22)18-10-6-4-8-16(18)17-9-5-7-11-19(17)25/h4-13,21H,1-3H3. The smallest absolute Gasteiger partial charge is 0.358 e. The molecule has 6 heteroatoms. The van der Waals surface area contributed by atoms with E-state index >= 15 is 0 Å². The van der Waals surface area contributed by atoms with Crippen molar-refractivity contribution < 1.29 is 19.1 Å². The van der Waals surface area contributed by atoms with Gasteiger partial charge in [0.25, 0.3) is 0 Å². The molecule has 0 fully saturated rings. The van der Waals surface area contributed by atoms with Crippen molar-refractivity contribution in [1.82, 2.24) is 5.01 Å². The zero-order chi connectivity index (χ0) is 21.9. The van der Waals surface area contributed by atoms with Crippen LogP contribution in [0.3, 0.4) is 0 Å². The average molecular weight is 412 g/mol. The number of fused-ring (bicyclic) bond motifs is 7. The highest BCUT2D eigenvalue weighted by molar-refractivity contribution is 6.41. The molecule has 31 heavy (non-hydrogen) atoms. The van der Waals surface area contributed by atoms with Crippen LogP contribution in [0.4, 0.5) is 0 Å². The summed E-state index contributed by atoms with van der Waals surface area (Å²) in [7, 11) is 1.28. The molecule has 0 saturated heterocycles. The molecule has 2 aliphatic heterocycles. The van der Waals surface area contributed by atoms with Crippen molar-refractivity contribution in [2.75, 3.05) is 7.11 Å². The molecule has 0 aromatic heterocycles. The van der Waals surface area contributed by atoms with Crippen LogP contribution in [0, 0.1) is 0 Å². The maximum Gasteiger partial charge on any atom is 0.358 e. The predicted octanol–water partition coefficient (Wildman–Crippen LogP) is 3.17. The van der Waals surface area contributed by atoms with Crippen LogP contribution in [-0.2, 0) is 24.5 Å². The Balaban J connectivity index is 1.90. The fourth-order valence-electron chi connectivity index (χ4n) is 5.29. The Morgan fingerprint density at radius 3 is 2.03 bits per heavy atom. The van der Waals surface area contributed by atoms with Crippen LogP contribution in [0.5, 0.6) is 0 Å². The molecule has 2 aromatic carbocycles. The van der Waals surface area contributed by atoms with Gasteiger partial charge in [0.05, 0.1) is 18.6 Å². The first-order valence-corrected chi connectivity index (χ1v) is 10.0. The molecule has 2 aromatic rings. The lowest BCUT2D eigenvalue weighted by atomic mass is 9.67. The SMILES string of the molecule is COC(=O)C1=NN2C(C(C)=O)=C(C(C)=O)C3(c4ccccc4-c4ccccc43)C2C=C1. The monoisotopic (exact) mass is 412 g/mol. The summed E-state index contributed by atoms with van der Waals surface area (Å²) in [5.74, 6) is -1.08. The zero-order valence-electron chi connectivity index (χ0n) is 17.4. The Hall–Kier alpha value is -3.80. The molecule has 0 N–H and O–H groups in total. The van der Waals surface area contributed by atoms with Crippen molar-refractivity contribution in [2.24, 2.45) is 5.10 Å². The molecule has 6 nitrogen and oxygen atoms in total. The van der Waals surface area contributed by atoms with Crippen molar-refractivity contribution in [3.63, 3.8) is 0 Å². The lowest BCUT2D eigenvalue weighted by Gasteiger charge is -2.37. The molecule has 1 unspecified atom stereocenters. The predicted molar refractivity (Wildman–Crippen MR) is 115 cm³/mol. The number of rotatable bonds is 3. The molecular weight excluding hydrogens is 392 g/mol. The molecule has 2 heterocycles. The number of carbonyl (C=O) groups is 3. The van der Waals surface area contributed by atoms with E-state index in [1.54, 1.807) is 6.08 Å². The summed E-state index contributed by atoms with van der Waals surface area (Å²) < 4.78 is 4.82. The number of hydrazone groups is 1. The molecule has 1 spiro atoms. The molecule has 1 aliphatic carbocycles. The number of hydrogen-bond acceptors (Lipinski definition) is 6. The van der Waals surface area contributed by atoms with Crippen LogP contribution in [0.2, 0.25) is 0 Å². The molecule has 0 amide bonds. The van der Waals surface area contributed by atoms with Crippen LogP contribution >= 0.6 is 0 Å². The zero-order valence-corrected chi connectivity index (χ0v) is 17.4. The van der Waals surface area contributed by atoms with Gasteiger partial charge in [-0.25, -0.2) is 4.79 Å². The maximum absolute atomic E-state index is 13.2.